The first-order valence-corrected chi connectivity index (χ1v) is 9.03. The predicted molar refractivity (Wildman–Crippen MR) is 103 cm³/mol. The zero-order valence-electron chi connectivity index (χ0n) is 15.2. The van der Waals surface area contributed by atoms with Crippen molar-refractivity contribution in [1.29, 1.82) is 5.26 Å². The molecule has 0 unspecified atom stereocenters. The number of fused-ring (bicyclic) bond motifs is 1. The van der Waals surface area contributed by atoms with Crippen LogP contribution in [0.25, 0.3) is 10.9 Å². The molecule has 0 saturated carbocycles. The number of nitriles is 1. The van der Waals surface area contributed by atoms with Crippen LogP contribution in [0.2, 0.25) is 0 Å². The van der Waals surface area contributed by atoms with Gasteiger partial charge in [-0.15, -0.1) is 10.2 Å². The molecule has 1 aromatic heterocycles. The number of anilines is 1. The van der Waals surface area contributed by atoms with Crippen molar-refractivity contribution >= 4 is 16.6 Å². The van der Waals surface area contributed by atoms with Crippen LogP contribution in [-0.4, -0.2) is 41.3 Å². The Kier molecular flexibility index (Phi) is 4.69. The van der Waals surface area contributed by atoms with E-state index in [4.69, 9.17) is 0 Å². The molecule has 0 amide bonds. The average molecular weight is 361 g/mol. The molecule has 0 bridgehead atoms. The molecule has 27 heavy (non-hydrogen) atoms. The van der Waals surface area contributed by atoms with Crippen LogP contribution in [-0.2, 0) is 6.54 Å². The Morgan fingerprint density at radius 1 is 1.07 bits per heavy atom. The molecule has 0 radical (unpaired) electrons. The molecule has 2 aromatic carbocycles. The first-order chi connectivity index (χ1) is 13.1. The summed E-state index contributed by atoms with van der Waals surface area (Å²) in [5.74, 6) is -0.200. The Hall–Kier alpha value is -3.04. The predicted octanol–water partition coefficient (Wildman–Crippen LogP) is 3.27. The molecule has 3 aromatic rings. The third kappa shape index (κ3) is 3.60. The van der Waals surface area contributed by atoms with Gasteiger partial charge in [0.05, 0.1) is 11.2 Å². The summed E-state index contributed by atoms with van der Waals surface area (Å²) in [4.78, 5) is 4.52. The molecule has 1 aliphatic heterocycles. The topological polar surface area (TPSA) is 56.1 Å². The van der Waals surface area contributed by atoms with Crippen LogP contribution in [0.5, 0.6) is 0 Å². The second-order valence-electron chi connectivity index (χ2n) is 6.92. The van der Waals surface area contributed by atoms with Gasteiger partial charge in [-0.05, 0) is 36.8 Å². The van der Waals surface area contributed by atoms with E-state index >= 15 is 0 Å². The largest absolute Gasteiger partial charge is 0.366 e. The molecule has 0 atom stereocenters. The van der Waals surface area contributed by atoms with Crippen molar-refractivity contribution < 1.29 is 4.39 Å². The van der Waals surface area contributed by atoms with Gasteiger partial charge in [0.25, 0.3) is 0 Å². The maximum Gasteiger partial charge on any atom is 0.187 e. The minimum atomic E-state index is -0.200. The number of halogens is 1. The van der Waals surface area contributed by atoms with E-state index in [-0.39, 0.29) is 5.82 Å². The lowest BCUT2D eigenvalue weighted by atomic mass is 10.1. The first-order valence-electron chi connectivity index (χ1n) is 9.03. The number of piperazine rings is 1. The van der Waals surface area contributed by atoms with Gasteiger partial charge in [0, 0.05) is 38.1 Å². The highest BCUT2D eigenvalue weighted by Gasteiger charge is 2.22. The fourth-order valence-electron chi connectivity index (χ4n) is 3.62. The quantitative estimate of drug-likeness (QED) is 0.717. The fraction of sp³-hybridized carbons (Fsp3) is 0.286. The minimum Gasteiger partial charge on any atom is -0.366 e. The van der Waals surface area contributed by atoms with Crippen LogP contribution < -0.4 is 4.90 Å². The Labute approximate surface area is 157 Å². The molecule has 0 aliphatic carbocycles. The molecular weight excluding hydrogens is 341 g/mol. The summed E-state index contributed by atoms with van der Waals surface area (Å²) >= 11 is 0. The number of benzene rings is 2. The summed E-state index contributed by atoms with van der Waals surface area (Å²) in [6, 6.07) is 15.0. The lowest BCUT2D eigenvalue weighted by Gasteiger charge is -2.36. The van der Waals surface area contributed by atoms with E-state index in [9.17, 15) is 9.65 Å². The molecule has 1 saturated heterocycles. The summed E-state index contributed by atoms with van der Waals surface area (Å²) < 4.78 is 13.4. The van der Waals surface area contributed by atoms with E-state index in [1.54, 1.807) is 12.1 Å². The Bertz CT molecular complexity index is 1020. The molecule has 1 fully saturated rings. The highest BCUT2D eigenvalue weighted by molar-refractivity contribution is 5.94. The molecule has 5 nitrogen and oxygen atoms in total. The van der Waals surface area contributed by atoms with Crippen LogP contribution in [0.1, 0.15) is 16.8 Å². The van der Waals surface area contributed by atoms with Crippen LogP contribution >= 0.6 is 0 Å². The van der Waals surface area contributed by atoms with Gasteiger partial charge in [-0.25, -0.2) is 4.39 Å². The van der Waals surface area contributed by atoms with E-state index in [2.05, 4.69) is 32.1 Å². The average Bonchev–Trinajstić information content (AvgIpc) is 2.68. The SMILES string of the molecule is Cc1ccc2nnc(C#N)c(N3CCN(Cc4cccc(F)c4)CC3)c2c1. The lowest BCUT2D eigenvalue weighted by molar-refractivity contribution is 0.249. The number of aromatic nitrogens is 2. The van der Waals surface area contributed by atoms with Gasteiger partial charge in [0.1, 0.15) is 11.9 Å². The van der Waals surface area contributed by atoms with Gasteiger partial charge >= 0.3 is 0 Å². The summed E-state index contributed by atoms with van der Waals surface area (Å²) in [7, 11) is 0. The number of rotatable bonds is 3. The lowest BCUT2D eigenvalue weighted by Crippen LogP contribution is -2.46. The van der Waals surface area contributed by atoms with Gasteiger partial charge in [-0.3, -0.25) is 4.90 Å². The number of hydrogen-bond acceptors (Lipinski definition) is 5. The molecule has 4 rings (SSSR count). The molecule has 0 spiro atoms. The fourth-order valence-corrected chi connectivity index (χ4v) is 3.62. The Balaban J connectivity index is 1.56. The Morgan fingerprint density at radius 3 is 2.63 bits per heavy atom. The number of aryl methyl sites for hydroxylation is 1. The summed E-state index contributed by atoms with van der Waals surface area (Å²) in [5.41, 5.74) is 4.15. The molecule has 6 heteroatoms. The third-order valence-electron chi connectivity index (χ3n) is 4.98. The van der Waals surface area contributed by atoms with E-state index in [1.165, 1.54) is 6.07 Å². The van der Waals surface area contributed by atoms with Crippen LogP contribution in [0.3, 0.4) is 0 Å². The van der Waals surface area contributed by atoms with Crippen molar-refractivity contribution in [2.45, 2.75) is 13.5 Å². The standard InChI is InChI=1S/C21H20FN5/c1-15-5-6-19-18(11-15)21(20(13-23)25-24-19)27-9-7-26(8-10-27)14-16-3-2-4-17(22)12-16/h2-6,11-12H,7-10,14H2,1H3. The maximum atomic E-state index is 13.4. The van der Waals surface area contributed by atoms with Crippen molar-refractivity contribution in [1.82, 2.24) is 15.1 Å². The second kappa shape index (κ2) is 7.29. The van der Waals surface area contributed by atoms with Gasteiger partial charge in [0.15, 0.2) is 5.69 Å². The van der Waals surface area contributed by atoms with E-state index in [0.29, 0.717) is 5.69 Å². The molecule has 1 aliphatic rings. The van der Waals surface area contributed by atoms with Crippen LogP contribution in [0.4, 0.5) is 10.1 Å². The maximum absolute atomic E-state index is 13.4. The first kappa shape index (κ1) is 17.4. The zero-order chi connectivity index (χ0) is 18.8. The smallest absolute Gasteiger partial charge is 0.187 e. The zero-order valence-corrected chi connectivity index (χ0v) is 15.2. The van der Waals surface area contributed by atoms with E-state index < -0.39 is 0 Å². The summed E-state index contributed by atoms with van der Waals surface area (Å²) in [6.45, 7) is 6.03. The molecule has 2 heterocycles. The second-order valence-corrected chi connectivity index (χ2v) is 6.92. The molecule has 0 N–H and O–H groups in total. The van der Waals surface area contributed by atoms with E-state index in [1.807, 2.05) is 25.1 Å². The van der Waals surface area contributed by atoms with Crippen molar-refractivity contribution in [3.05, 3.63) is 65.1 Å². The summed E-state index contributed by atoms with van der Waals surface area (Å²) in [5, 5.41) is 18.8. The highest BCUT2D eigenvalue weighted by atomic mass is 19.1. The number of hydrogen-bond donors (Lipinski definition) is 0. The molecule has 136 valence electrons. The highest BCUT2D eigenvalue weighted by Crippen LogP contribution is 2.29. The molecular formula is C21H20FN5. The van der Waals surface area contributed by atoms with Gasteiger partial charge in [-0.2, -0.15) is 5.26 Å². The van der Waals surface area contributed by atoms with Gasteiger partial charge in [0.2, 0.25) is 0 Å². The van der Waals surface area contributed by atoms with Gasteiger partial charge < -0.3 is 4.90 Å². The van der Waals surface area contributed by atoms with Crippen LogP contribution in [0.15, 0.2) is 42.5 Å². The normalized spacial score (nSPS) is 15.1. The van der Waals surface area contributed by atoms with Crippen molar-refractivity contribution in [2.75, 3.05) is 31.1 Å². The summed E-state index contributed by atoms with van der Waals surface area (Å²) in [6.07, 6.45) is 0. The minimum absolute atomic E-state index is 0.200. The van der Waals surface area contributed by atoms with Crippen molar-refractivity contribution in [3.8, 4) is 6.07 Å². The van der Waals surface area contributed by atoms with Crippen molar-refractivity contribution in [3.63, 3.8) is 0 Å². The Morgan fingerprint density at radius 2 is 1.89 bits per heavy atom. The van der Waals surface area contributed by atoms with E-state index in [0.717, 1.165) is 60.4 Å². The van der Waals surface area contributed by atoms with Crippen LogP contribution in [0, 0.1) is 24.1 Å². The number of nitrogens with zero attached hydrogens (tertiary/aromatic N) is 5. The van der Waals surface area contributed by atoms with Gasteiger partial charge in [-0.1, -0.05) is 23.8 Å². The van der Waals surface area contributed by atoms with Crippen molar-refractivity contribution in [2.24, 2.45) is 0 Å². The monoisotopic (exact) mass is 361 g/mol. The third-order valence-corrected chi connectivity index (χ3v) is 4.98.